The number of ether oxygens (including phenoxy) is 1. The molecule has 2 amide bonds. The first-order valence-corrected chi connectivity index (χ1v) is 9.41. The molecule has 0 spiro atoms. The maximum atomic E-state index is 12.5. The number of anilines is 1. The van der Waals surface area contributed by atoms with E-state index < -0.39 is 12.1 Å². The van der Waals surface area contributed by atoms with Crippen LogP contribution in [0.5, 0.6) is 0 Å². The Hall–Kier alpha value is -3.15. The fourth-order valence-corrected chi connectivity index (χ4v) is 3.37. The molecule has 28 heavy (non-hydrogen) atoms. The van der Waals surface area contributed by atoms with Crippen molar-refractivity contribution >= 4 is 23.5 Å². The Labute approximate surface area is 164 Å². The molecule has 0 aliphatic heterocycles. The summed E-state index contributed by atoms with van der Waals surface area (Å²) in [5.74, 6) is -1.09. The highest BCUT2D eigenvalue weighted by Crippen LogP contribution is 2.29. The van der Waals surface area contributed by atoms with Crippen LogP contribution in [0, 0.1) is 0 Å². The van der Waals surface area contributed by atoms with E-state index in [2.05, 4.69) is 16.7 Å². The summed E-state index contributed by atoms with van der Waals surface area (Å²) in [5.41, 5.74) is 3.29. The second kappa shape index (κ2) is 8.69. The Balaban J connectivity index is 1.58. The van der Waals surface area contributed by atoms with Crippen LogP contribution in [-0.4, -0.2) is 23.9 Å². The van der Waals surface area contributed by atoms with Crippen LogP contribution in [-0.2, 0) is 20.7 Å². The summed E-state index contributed by atoms with van der Waals surface area (Å²) in [4.78, 5) is 35.9. The number of amides is 2. The van der Waals surface area contributed by atoms with Crippen molar-refractivity contribution in [3.8, 4) is 0 Å². The molecule has 1 aliphatic carbocycles. The molecular formula is C22H24N2O4. The molecule has 0 saturated carbocycles. The molecule has 1 aliphatic rings. The number of carbonyl (C=O) groups excluding carboxylic acids is 3. The third kappa shape index (κ3) is 4.76. The Bertz CT molecular complexity index is 876. The third-order valence-electron chi connectivity index (χ3n) is 4.78. The summed E-state index contributed by atoms with van der Waals surface area (Å²) in [7, 11) is 0. The van der Waals surface area contributed by atoms with Crippen molar-refractivity contribution in [2.75, 3.05) is 5.32 Å². The van der Waals surface area contributed by atoms with Crippen molar-refractivity contribution in [1.29, 1.82) is 0 Å². The van der Waals surface area contributed by atoms with E-state index in [1.54, 1.807) is 31.2 Å². The van der Waals surface area contributed by atoms with Gasteiger partial charge in [-0.2, -0.15) is 0 Å². The molecule has 2 atom stereocenters. The van der Waals surface area contributed by atoms with Crippen molar-refractivity contribution in [2.24, 2.45) is 0 Å². The lowest BCUT2D eigenvalue weighted by molar-refractivity contribution is -0.130. The normalized spacial score (nSPS) is 16.4. The average molecular weight is 380 g/mol. The number of benzene rings is 2. The summed E-state index contributed by atoms with van der Waals surface area (Å²) in [5, 5.41) is 5.63. The molecule has 2 aromatic carbocycles. The Morgan fingerprint density at radius 2 is 1.79 bits per heavy atom. The van der Waals surface area contributed by atoms with Crippen molar-refractivity contribution in [3.05, 3.63) is 65.2 Å². The van der Waals surface area contributed by atoms with E-state index in [1.807, 2.05) is 18.2 Å². The van der Waals surface area contributed by atoms with Gasteiger partial charge in [-0.3, -0.25) is 9.59 Å². The van der Waals surface area contributed by atoms with Crippen LogP contribution in [0.15, 0.2) is 48.5 Å². The Kier molecular flexibility index (Phi) is 6.09. The first-order valence-electron chi connectivity index (χ1n) is 9.41. The zero-order valence-electron chi connectivity index (χ0n) is 16.0. The minimum Gasteiger partial charge on any atom is -0.449 e. The van der Waals surface area contributed by atoms with Gasteiger partial charge in [-0.25, -0.2) is 4.79 Å². The van der Waals surface area contributed by atoms with E-state index in [9.17, 15) is 14.4 Å². The van der Waals surface area contributed by atoms with E-state index >= 15 is 0 Å². The molecule has 3 rings (SSSR count). The molecule has 2 aromatic rings. The van der Waals surface area contributed by atoms with Gasteiger partial charge in [-0.15, -0.1) is 0 Å². The van der Waals surface area contributed by atoms with Gasteiger partial charge >= 0.3 is 5.97 Å². The maximum absolute atomic E-state index is 12.5. The first-order chi connectivity index (χ1) is 13.4. The van der Waals surface area contributed by atoms with Crippen LogP contribution in [0.3, 0.4) is 0 Å². The zero-order chi connectivity index (χ0) is 20.1. The molecule has 0 heterocycles. The average Bonchev–Trinajstić information content (AvgIpc) is 2.68. The van der Waals surface area contributed by atoms with Crippen LogP contribution in [0.25, 0.3) is 0 Å². The quantitative estimate of drug-likeness (QED) is 0.779. The van der Waals surface area contributed by atoms with Crippen molar-refractivity contribution in [2.45, 2.75) is 45.3 Å². The van der Waals surface area contributed by atoms with Gasteiger partial charge in [0.05, 0.1) is 11.6 Å². The second-order valence-electron chi connectivity index (χ2n) is 6.96. The molecule has 0 radical (unpaired) electrons. The first kappa shape index (κ1) is 19.6. The number of hydrogen-bond donors (Lipinski definition) is 2. The number of fused-ring (bicyclic) bond motifs is 1. The monoisotopic (exact) mass is 380 g/mol. The summed E-state index contributed by atoms with van der Waals surface area (Å²) in [6, 6.07) is 14.4. The fraction of sp³-hybridized carbons (Fsp3) is 0.318. The van der Waals surface area contributed by atoms with Gasteiger partial charge in [0.25, 0.3) is 5.91 Å². The molecule has 2 N–H and O–H groups in total. The number of rotatable bonds is 5. The number of hydrogen-bond acceptors (Lipinski definition) is 4. The summed E-state index contributed by atoms with van der Waals surface area (Å²) in [6.45, 7) is 2.97. The summed E-state index contributed by atoms with van der Waals surface area (Å²) in [6.07, 6.45) is 1.99. The zero-order valence-corrected chi connectivity index (χ0v) is 16.0. The molecule has 0 bridgehead atoms. The molecule has 0 fully saturated rings. The highest BCUT2D eigenvalue weighted by molar-refractivity contribution is 5.93. The lowest BCUT2D eigenvalue weighted by Gasteiger charge is -2.27. The van der Waals surface area contributed by atoms with E-state index in [0.717, 1.165) is 24.8 Å². The summed E-state index contributed by atoms with van der Waals surface area (Å²) < 4.78 is 5.31. The summed E-state index contributed by atoms with van der Waals surface area (Å²) >= 11 is 0. The minimum atomic E-state index is -0.906. The lowest BCUT2D eigenvalue weighted by Crippen LogP contribution is -2.39. The van der Waals surface area contributed by atoms with Gasteiger partial charge in [-0.1, -0.05) is 24.3 Å². The highest BCUT2D eigenvalue weighted by Gasteiger charge is 2.25. The SMILES string of the molecule is CC(=O)Nc1ccc(C(=O)OC(C)C(=O)NC2CCCc3ccccc32)cc1. The van der Waals surface area contributed by atoms with Crippen molar-refractivity contribution in [1.82, 2.24) is 5.32 Å². The standard InChI is InChI=1S/C22H24N2O4/c1-14(28-22(27)17-10-12-18(13-11-17)23-15(2)25)21(26)24-20-9-5-7-16-6-3-4-8-19(16)20/h3-4,6,8,10-14,20H,5,7,9H2,1-2H3,(H,23,25)(H,24,26). The predicted octanol–water partition coefficient (Wildman–Crippen LogP) is 3.38. The second-order valence-corrected chi connectivity index (χ2v) is 6.96. The van der Waals surface area contributed by atoms with Gasteiger partial charge in [0.15, 0.2) is 6.10 Å². The van der Waals surface area contributed by atoms with Crippen molar-refractivity contribution in [3.63, 3.8) is 0 Å². The van der Waals surface area contributed by atoms with Gasteiger partial charge in [0.2, 0.25) is 5.91 Å². The maximum Gasteiger partial charge on any atom is 0.338 e. The van der Waals surface area contributed by atoms with Crippen LogP contribution >= 0.6 is 0 Å². The van der Waals surface area contributed by atoms with Gasteiger partial charge in [0.1, 0.15) is 0 Å². The van der Waals surface area contributed by atoms with Gasteiger partial charge in [-0.05, 0) is 61.6 Å². The molecule has 6 heteroatoms. The van der Waals surface area contributed by atoms with Crippen LogP contribution in [0.1, 0.15) is 54.2 Å². The number of esters is 1. The highest BCUT2D eigenvalue weighted by atomic mass is 16.5. The van der Waals surface area contributed by atoms with E-state index in [-0.39, 0.29) is 17.9 Å². The Morgan fingerprint density at radius 3 is 2.50 bits per heavy atom. The van der Waals surface area contributed by atoms with Crippen LogP contribution in [0.2, 0.25) is 0 Å². The third-order valence-corrected chi connectivity index (χ3v) is 4.78. The number of nitrogens with one attached hydrogen (secondary N) is 2. The minimum absolute atomic E-state index is 0.0597. The fourth-order valence-electron chi connectivity index (χ4n) is 3.37. The number of carbonyl (C=O) groups is 3. The van der Waals surface area contributed by atoms with Gasteiger partial charge < -0.3 is 15.4 Å². The molecule has 6 nitrogen and oxygen atoms in total. The van der Waals surface area contributed by atoms with E-state index in [4.69, 9.17) is 4.74 Å². The van der Waals surface area contributed by atoms with Crippen LogP contribution < -0.4 is 10.6 Å². The van der Waals surface area contributed by atoms with Crippen molar-refractivity contribution < 1.29 is 19.1 Å². The topological polar surface area (TPSA) is 84.5 Å². The smallest absolute Gasteiger partial charge is 0.338 e. The van der Waals surface area contributed by atoms with Crippen LogP contribution in [0.4, 0.5) is 5.69 Å². The Morgan fingerprint density at radius 1 is 1.07 bits per heavy atom. The van der Waals surface area contributed by atoms with E-state index in [1.165, 1.54) is 12.5 Å². The van der Waals surface area contributed by atoms with E-state index in [0.29, 0.717) is 11.3 Å². The number of aryl methyl sites for hydroxylation is 1. The van der Waals surface area contributed by atoms with Gasteiger partial charge in [0, 0.05) is 12.6 Å². The molecular weight excluding hydrogens is 356 g/mol. The lowest BCUT2D eigenvalue weighted by atomic mass is 9.87. The largest absolute Gasteiger partial charge is 0.449 e. The molecule has 0 aromatic heterocycles. The molecule has 2 unspecified atom stereocenters. The molecule has 146 valence electrons. The molecule has 0 saturated heterocycles. The predicted molar refractivity (Wildman–Crippen MR) is 106 cm³/mol.